The smallest absolute Gasteiger partial charge is 0.172 e. The van der Waals surface area contributed by atoms with E-state index >= 15 is 4.39 Å². The standard InChI is InChI=1S/C25H25ClFNO2/c26-23-12-11-18(22(15-28)17-6-2-1-3-7-17)14-21(23)20-9-4-10-24(25(20)27)30-16-19-8-5-13-29-19/h1-4,6-7,9-12,14,19,22H,5,8,13,15-16,28H2/t19-,22?/m0/s1. The SMILES string of the molecule is NCC(c1ccccc1)c1ccc(Cl)c(-c2cccc(OC[C@@H]3CCCO3)c2F)c1. The lowest BCUT2D eigenvalue weighted by Crippen LogP contribution is -2.16. The maximum atomic E-state index is 15.3. The summed E-state index contributed by atoms with van der Waals surface area (Å²) in [7, 11) is 0. The van der Waals surface area contributed by atoms with Gasteiger partial charge in [-0.05, 0) is 42.2 Å². The Hall–Kier alpha value is -2.40. The highest BCUT2D eigenvalue weighted by molar-refractivity contribution is 6.33. The normalized spacial score (nSPS) is 17.1. The number of hydrogen-bond acceptors (Lipinski definition) is 3. The van der Waals surface area contributed by atoms with Crippen molar-refractivity contribution >= 4 is 11.6 Å². The maximum Gasteiger partial charge on any atom is 0.172 e. The van der Waals surface area contributed by atoms with Crippen LogP contribution in [0.25, 0.3) is 11.1 Å². The summed E-state index contributed by atoms with van der Waals surface area (Å²) in [6.07, 6.45) is 1.98. The predicted molar refractivity (Wildman–Crippen MR) is 119 cm³/mol. The summed E-state index contributed by atoms with van der Waals surface area (Å²) in [6, 6.07) is 20.9. The molecule has 1 unspecified atom stereocenters. The first-order chi connectivity index (χ1) is 14.7. The Balaban J connectivity index is 1.65. The van der Waals surface area contributed by atoms with E-state index in [0.29, 0.717) is 29.3 Å². The van der Waals surface area contributed by atoms with Crippen molar-refractivity contribution in [2.75, 3.05) is 19.8 Å². The molecule has 4 rings (SSSR count). The van der Waals surface area contributed by atoms with Crippen molar-refractivity contribution in [3.63, 3.8) is 0 Å². The van der Waals surface area contributed by atoms with Gasteiger partial charge in [0.1, 0.15) is 6.61 Å². The minimum absolute atomic E-state index is 0.00391. The van der Waals surface area contributed by atoms with E-state index in [1.807, 2.05) is 42.5 Å². The van der Waals surface area contributed by atoms with E-state index in [1.165, 1.54) is 0 Å². The molecule has 2 N–H and O–H groups in total. The molecule has 30 heavy (non-hydrogen) atoms. The lowest BCUT2D eigenvalue weighted by atomic mass is 9.89. The van der Waals surface area contributed by atoms with Gasteiger partial charge in [-0.1, -0.05) is 60.1 Å². The Labute approximate surface area is 181 Å². The quantitative estimate of drug-likeness (QED) is 0.520. The highest BCUT2D eigenvalue weighted by Gasteiger charge is 2.20. The van der Waals surface area contributed by atoms with Gasteiger partial charge in [0.15, 0.2) is 11.6 Å². The fourth-order valence-corrected chi connectivity index (χ4v) is 4.12. The van der Waals surface area contributed by atoms with Gasteiger partial charge in [-0.15, -0.1) is 0 Å². The van der Waals surface area contributed by atoms with Crippen LogP contribution in [0.5, 0.6) is 5.75 Å². The first-order valence-corrected chi connectivity index (χ1v) is 10.6. The van der Waals surface area contributed by atoms with Crippen LogP contribution >= 0.6 is 11.6 Å². The minimum atomic E-state index is -0.418. The molecular formula is C25H25ClFNO2. The van der Waals surface area contributed by atoms with E-state index in [2.05, 4.69) is 0 Å². The Morgan fingerprint density at radius 3 is 2.60 bits per heavy atom. The van der Waals surface area contributed by atoms with E-state index in [-0.39, 0.29) is 17.8 Å². The van der Waals surface area contributed by atoms with Gasteiger partial charge in [-0.2, -0.15) is 0 Å². The van der Waals surface area contributed by atoms with E-state index in [4.69, 9.17) is 26.8 Å². The Morgan fingerprint density at radius 2 is 1.87 bits per heavy atom. The van der Waals surface area contributed by atoms with Gasteiger partial charge in [0.25, 0.3) is 0 Å². The summed E-state index contributed by atoms with van der Waals surface area (Å²) < 4.78 is 26.6. The molecule has 3 aromatic rings. The summed E-state index contributed by atoms with van der Waals surface area (Å²) in [6.45, 7) is 1.53. The van der Waals surface area contributed by atoms with Crippen molar-refractivity contribution < 1.29 is 13.9 Å². The maximum absolute atomic E-state index is 15.3. The molecule has 2 atom stereocenters. The molecule has 156 valence electrons. The lowest BCUT2D eigenvalue weighted by Gasteiger charge is -2.18. The zero-order valence-corrected chi connectivity index (χ0v) is 17.4. The number of nitrogens with two attached hydrogens (primary N) is 1. The highest BCUT2D eigenvalue weighted by Crippen LogP contribution is 2.37. The third-order valence-corrected chi connectivity index (χ3v) is 5.86. The second-order valence-corrected chi connectivity index (χ2v) is 7.91. The molecule has 0 bridgehead atoms. The van der Waals surface area contributed by atoms with Gasteiger partial charge in [0, 0.05) is 35.2 Å². The number of rotatable bonds is 7. The molecule has 0 aliphatic carbocycles. The van der Waals surface area contributed by atoms with Crippen molar-refractivity contribution in [3.8, 4) is 16.9 Å². The monoisotopic (exact) mass is 425 g/mol. The number of halogens is 2. The summed E-state index contributed by atoms with van der Waals surface area (Å²) >= 11 is 6.47. The van der Waals surface area contributed by atoms with Crippen LogP contribution in [-0.4, -0.2) is 25.9 Å². The average Bonchev–Trinajstić information content (AvgIpc) is 3.29. The Morgan fingerprint density at radius 1 is 1.03 bits per heavy atom. The molecule has 1 aliphatic rings. The van der Waals surface area contributed by atoms with Gasteiger partial charge in [-0.3, -0.25) is 0 Å². The Kier molecular flexibility index (Phi) is 6.68. The minimum Gasteiger partial charge on any atom is -0.488 e. The summed E-state index contributed by atoms with van der Waals surface area (Å²) in [5.41, 5.74) is 9.23. The molecule has 3 aromatic carbocycles. The van der Waals surface area contributed by atoms with E-state index < -0.39 is 5.82 Å². The van der Waals surface area contributed by atoms with Crippen LogP contribution in [0, 0.1) is 5.82 Å². The van der Waals surface area contributed by atoms with Crippen molar-refractivity contribution in [1.82, 2.24) is 0 Å². The molecule has 1 heterocycles. The van der Waals surface area contributed by atoms with Gasteiger partial charge in [0.05, 0.1) is 6.10 Å². The largest absolute Gasteiger partial charge is 0.488 e. The Bertz CT molecular complexity index is 990. The van der Waals surface area contributed by atoms with Gasteiger partial charge < -0.3 is 15.2 Å². The van der Waals surface area contributed by atoms with Gasteiger partial charge >= 0.3 is 0 Å². The molecule has 1 fully saturated rings. The van der Waals surface area contributed by atoms with Gasteiger partial charge in [-0.25, -0.2) is 4.39 Å². The number of benzene rings is 3. The van der Waals surface area contributed by atoms with Crippen LogP contribution in [0.2, 0.25) is 5.02 Å². The second-order valence-electron chi connectivity index (χ2n) is 7.50. The van der Waals surface area contributed by atoms with Crippen LogP contribution in [0.3, 0.4) is 0 Å². The second kappa shape index (κ2) is 9.61. The molecule has 3 nitrogen and oxygen atoms in total. The summed E-state index contributed by atoms with van der Waals surface area (Å²) in [5, 5.41) is 0.484. The first kappa shape index (κ1) is 20.9. The van der Waals surface area contributed by atoms with Crippen LogP contribution < -0.4 is 10.5 Å². The topological polar surface area (TPSA) is 44.5 Å². The van der Waals surface area contributed by atoms with E-state index in [1.54, 1.807) is 24.3 Å². The molecule has 1 saturated heterocycles. The number of hydrogen-bond donors (Lipinski definition) is 1. The number of ether oxygens (including phenoxy) is 2. The zero-order valence-electron chi connectivity index (χ0n) is 16.7. The molecule has 0 saturated carbocycles. The molecule has 0 amide bonds. The summed E-state index contributed by atoms with van der Waals surface area (Å²) in [4.78, 5) is 0. The van der Waals surface area contributed by atoms with Crippen molar-refractivity contribution in [2.45, 2.75) is 24.9 Å². The molecule has 0 aromatic heterocycles. The molecule has 0 spiro atoms. The molecule has 0 radical (unpaired) electrons. The van der Waals surface area contributed by atoms with Crippen molar-refractivity contribution in [1.29, 1.82) is 0 Å². The predicted octanol–water partition coefficient (Wildman–Crippen LogP) is 5.79. The van der Waals surface area contributed by atoms with Crippen LogP contribution in [-0.2, 0) is 4.74 Å². The molecule has 1 aliphatic heterocycles. The van der Waals surface area contributed by atoms with Crippen LogP contribution in [0.1, 0.15) is 29.9 Å². The highest BCUT2D eigenvalue weighted by atomic mass is 35.5. The fraction of sp³-hybridized carbons (Fsp3) is 0.280. The summed E-state index contributed by atoms with van der Waals surface area (Å²) in [5.74, 6) is -0.203. The van der Waals surface area contributed by atoms with Crippen molar-refractivity contribution in [3.05, 3.63) is 88.7 Å². The van der Waals surface area contributed by atoms with Crippen molar-refractivity contribution in [2.24, 2.45) is 5.73 Å². The third-order valence-electron chi connectivity index (χ3n) is 5.53. The van der Waals surface area contributed by atoms with Crippen LogP contribution in [0.4, 0.5) is 4.39 Å². The van der Waals surface area contributed by atoms with Gasteiger partial charge in [0.2, 0.25) is 0 Å². The average molecular weight is 426 g/mol. The van der Waals surface area contributed by atoms with Crippen LogP contribution in [0.15, 0.2) is 66.7 Å². The first-order valence-electron chi connectivity index (χ1n) is 10.2. The van der Waals surface area contributed by atoms with E-state index in [9.17, 15) is 0 Å². The molecular weight excluding hydrogens is 401 g/mol. The lowest BCUT2D eigenvalue weighted by molar-refractivity contribution is 0.0666. The third kappa shape index (κ3) is 4.51. The van der Waals surface area contributed by atoms with E-state index in [0.717, 1.165) is 30.6 Å². The molecule has 5 heteroatoms. The zero-order chi connectivity index (χ0) is 20.9. The fourth-order valence-electron chi connectivity index (χ4n) is 3.90.